The largest absolute Gasteiger partial charge is 0.494 e. The number of halogens is 1. The standard InChI is InChI=1S/C21H29N5O2S.ClH/c1-14(2)26-13-10-16(23-26)20(27)25(12-7-11-24(4)5)21-22-18-17(28-6)9-8-15(3)19(18)29-21;/h8-10,13-14H,7,11-12H2,1-6H3;1H. The van der Waals surface area contributed by atoms with Crippen LogP contribution in [-0.2, 0) is 0 Å². The summed E-state index contributed by atoms with van der Waals surface area (Å²) >= 11 is 1.52. The molecule has 1 aromatic carbocycles. The van der Waals surface area contributed by atoms with Crippen molar-refractivity contribution in [1.82, 2.24) is 19.7 Å². The van der Waals surface area contributed by atoms with Gasteiger partial charge in [-0.2, -0.15) is 5.10 Å². The number of rotatable bonds is 8. The predicted octanol–water partition coefficient (Wildman–Crippen LogP) is 4.41. The summed E-state index contributed by atoms with van der Waals surface area (Å²) in [5.74, 6) is 0.594. The number of carbonyl (C=O) groups is 1. The highest BCUT2D eigenvalue weighted by atomic mass is 35.5. The van der Waals surface area contributed by atoms with Gasteiger partial charge in [-0.25, -0.2) is 4.98 Å². The van der Waals surface area contributed by atoms with Gasteiger partial charge in [-0.15, -0.1) is 12.4 Å². The molecule has 164 valence electrons. The molecule has 7 nitrogen and oxygen atoms in total. The van der Waals surface area contributed by atoms with Crippen molar-refractivity contribution in [2.45, 2.75) is 33.2 Å². The van der Waals surface area contributed by atoms with Crippen LogP contribution >= 0.6 is 23.7 Å². The van der Waals surface area contributed by atoms with E-state index in [1.54, 1.807) is 22.8 Å². The average Bonchev–Trinajstić information content (AvgIpc) is 3.33. The zero-order valence-electron chi connectivity index (χ0n) is 18.4. The van der Waals surface area contributed by atoms with Crippen molar-refractivity contribution in [2.75, 3.05) is 39.2 Å². The molecule has 1 amide bonds. The lowest BCUT2D eigenvalue weighted by Crippen LogP contribution is -2.33. The Bertz CT molecular complexity index is 999. The van der Waals surface area contributed by atoms with Crippen molar-refractivity contribution in [3.05, 3.63) is 35.7 Å². The van der Waals surface area contributed by atoms with Crippen LogP contribution in [0.3, 0.4) is 0 Å². The number of nitrogens with zero attached hydrogens (tertiary/aromatic N) is 5. The van der Waals surface area contributed by atoms with E-state index < -0.39 is 0 Å². The van der Waals surface area contributed by atoms with E-state index in [0.717, 1.165) is 34.5 Å². The number of amides is 1. The summed E-state index contributed by atoms with van der Waals surface area (Å²) in [6.07, 6.45) is 2.69. The van der Waals surface area contributed by atoms with E-state index in [1.165, 1.54) is 11.3 Å². The molecule has 0 radical (unpaired) electrons. The first-order valence-corrected chi connectivity index (χ1v) is 10.6. The lowest BCUT2D eigenvalue weighted by Gasteiger charge is -2.20. The fourth-order valence-electron chi connectivity index (χ4n) is 3.09. The van der Waals surface area contributed by atoms with Gasteiger partial charge < -0.3 is 9.64 Å². The quantitative estimate of drug-likeness (QED) is 0.507. The summed E-state index contributed by atoms with van der Waals surface area (Å²) in [5.41, 5.74) is 2.35. The highest BCUT2D eigenvalue weighted by Crippen LogP contribution is 2.36. The Hall–Kier alpha value is -2.16. The van der Waals surface area contributed by atoms with E-state index in [9.17, 15) is 4.79 Å². The molecular formula is C21H30ClN5O2S. The maximum absolute atomic E-state index is 13.3. The molecule has 2 aromatic heterocycles. The van der Waals surface area contributed by atoms with E-state index in [4.69, 9.17) is 9.72 Å². The third kappa shape index (κ3) is 5.11. The minimum Gasteiger partial charge on any atom is -0.494 e. The smallest absolute Gasteiger partial charge is 0.280 e. The lowest BCUT2D eigenvalue weighted by atomic mass is 10.2. The fraction of sp³-hybridized carbons (Fsp3) is 0.476. The second-order valence-corrected chi connectivity index (χ2v) is 8.62. The topological polar surface area (TPSA) is 63.5 Å². The number of anilines is 1. The van der Waals surface area contributed by atoms with Gasteiger partial charge in [-0.05, 0) is 65.5 Å². The van der Waals surface area contributed by atoms with E-state index in [0.29, 0.717) is 17.4 Å². The molecule has 0 saturated carbocycles. The molecule has 0 aliphatic heterocycles. The Balaban J connectivity index is 0.00000320. The normalized spacial score (nSPS) is 11.2. The molecule has 0 atom stereocenters. The van der Waals surface area contributed by atoms with Gasteiger partial charge in [0.15, 0.2) is 10.8 Å². The number of thiazole rings is 1. The molecule has 0 fully saturated rings. The van der Waals surface area contributed by atoms with Crippen molar-refractivity contribution in [3.63, 3.8) is 0 Å². The Morgan fingerprint density at radius 1 is 1.23 bits per heavy atom. The van der Waals surface area contributed by atoms with Gasteiger partial charge in [0.2, 0.25) is 0 Å². The summed E-state index contributed by atoms with van der Waals surface area (Å²) in [6.45, 7) is 7.59. The van der Waals surface area contributed by atoms with Crippen molar-refractivity contribution in [2.24, 2.45) is 0 Å². The van der Waals surface area contributed by atoms with Crippen LogP contribution in [0.1, 0.15) is 42.4 Å². The number of carbonyl (C=O) groups excluding carboxylic acids is 1. The highest BCUT2D eigenvalue weighted by molar-refractivity contribution is 7.22. The third-order valence-corrected chi connectivity index (χ3v) is 5.95. The van der Waals surface area contributed by atoms with Gasteiger partial charge in [0.1, 0.15) is 11.3 Å². The number of aromatic nitrogens is 3. The third-order valence-electron chi connectivity index (χ3n) is 4.73. The van der Waals surface area contributed by atoms with E-state index >= 15 is 0 Å². The van der Waals surface area contributed by atoms with Crippen LogP contribution < -0.4 is 9.64 Å². The number of hydrogen-bond donors (Lipinski definition) is 0. The molecule has 0 unspecified atom stereocenters. The molecule has 2 heterocycles. The molecule has 0 N–H and O–H groups in total. The zero-order chi connectivity index (χ0) is 21.1. The van der Waals surface area contributed by atoms with Crippen molar-refractivity contribution >= 4 is 45.0 Å². The number of methoxy groups -OCH3 is 1. The minimum absolute atomic E-state index is 0. The zero-order valence-corrected chi connectivity index (χ0v) is 20.0. The predicted molar refractivity (Wildman–Crippen MR) is 126 cm³/mol. The van der Waals surface area contributed by atoms with Gasteiger partial charge in [-0.1, -0.05) is 17.4 Å². The Kier molecular flexibility index (Phi) is 8.23. The van der Waals surface area contributed by atoms with Gasteiger partial charge in [0.25, 0.3) is 5.91 Å². The van der Waals surface area contributed by atoms with Crippen molar-refractivity contribution in [1.29, 1.82) is 0 Å². The molecule has 3 rings (SSSR count). The van der Waals surface area contributed by atoms with Crippen LogP contribution in [0.5, 0.6) is 5.75 Å². The first-order valence-electron chi connectivity index (χ1n) is 9.77. The van der Waals surface area contributed by atoms with Crippen LogP contribution in [-0.4, -0.2) is 59.9 Å². The Morgan fingerprint density at radius 2 is 1.97 bits per heavy atom. The van der Waals surface area contributed by atoms with Gasteiger partial charge in [0, 0.05) is 18.8 Å². The molecule has 0 aliphatic carbocycles. The van der Waals surface area contributed by atoms with Crippen LogP contribution in [0.2, 0.25) is 0 Å². The molecule has 3 aromatic rings. The fourth-order valence-corrected chi connectivity index (χ4v) is 4.16. The summed E-state index contributed by atoms with van der Waals surface area (Å²) in [4.78, 5) is 22.0. The van der Waals surface area contributed by atoms with E-state index in [1.807, 2.05) is 53.2 Å². The first-order chi connectivity index (χ1) is 13.8. The SMILES string of the molecule is COc1ccc(C)c2sc(N(CCCN(C)C)C(=O)c3ccn(C(C)C)n3)nc12.Cl. The van der Waals surface area contributed by atoms with E-state index in [-0.39, 0.29) is 24.4 Å². The summed E-state index contributed by atoms with van der Waals surface area (Å²) < 4.78 is 8.32. The van der Waals surface area contributed by atoms with Gasteiger partial charge in [0.05, 0.1) is 11.8 Å². The van der Waals surface area contributed by atoms with Gasteiger partial charge in [-0.3, -0.25) is 14.4 Å². The number of hydrogen-bond acceptors (Lipinski definition) is 6. The monoisotopic (exact) mass is 451 g/mol. The summed E-state index contributed by atoms with van der Waals surface area (Å²) in [6, 6.07) is 5.92. The number of aryl methyl sites for hydroxylation is 1. The molecule has 0 bridgehead atoms. The molecule has 30 heavy (non-hydrogen) atoms. The molecular weight excluding hydrogens is 422 g/mol. The number of benzene rings is 1. The summed E-state index contributed by atoms with van der Waals surface area (Å²) in [7, 11) is 5.70. The number of fused-ring (bicyclic) bond motifs is 1. The van der Waals surface area contributed by atoms with Gasteiger partial charge >= 0.3 is 0 Å². The second kappa shape index (κ2) is 10.2. The highest BCUT2D eigenvalue weighted by Gasteiger charge is 2.24. The average molecular weight is 452 g/mol. The molecule has 9 heteroatoms. The lowest BCUT2D eigenvalue weighted by molar-refractivity contribution is 0.0980. The maximum atomic E-state index is 13.3. The Labute approximate surface area is 188 Å². The number of ether oxygens (including phenoxy) is 1. The Morgan fingerprint density at radius 3 is 2.57 bits per heavy atom. The van der Waals surface area contributed by atoms with Crippen LogP contribution in [0.15, 0.2) is 24.4 Å². The van der Waals surface area contributed by atoms with Crippen LogP contribution in [0, 0.1) is 6.92 Å². The van der Waals surface area contributed by atoms with Crippen LogP contribution in [0.25, 0.3) is 10.2 Å². The maximum Gasteiger partial charge on any atom is 0.280 e. The molecule has 0 spiro atoms. The van der Waals surface area contributed by atoms with Crippen molar-refractivity contribution in [3.8, 4) is 5.75 Å². The van der Waals surface area contributed by atoms with Crippen LogP contribution in [0.4, 0.5) is 5.13 Å². The second-order valence-electron chi connectivity index (χ2n) is 7.65. The van der Waals surface area contributed by atoms with E-state index in [2.05, 4.69) is 10.00 Å². The summed E-state index contributed by atoms with van der Waals surface area (Å²) in [5, 5.41) is 5.15. The van der Waals surface area contributed by atoms with Crippen molar-refractivity contribution < 1.29 is 9.53 Å². The molecule has 0 saturated heterocycles. The minimum atomic E-state index is -0.126. The first kappa shape index (κ1) is 24.1. The molecule has 0 aliphatic rings.